The predicted octanol–water partition coefficient (Wildman–Crippen LogP) is 1.91. The van der Waals surface area contributed by atoms with Crippen LogP contribution in [0.5, 0.6) is 0 Å². The van der Waals surface area contributed by atoms with Crippen molar-refractivity contribution in [2.75, 3.05) is 6.54 Å². The number of hydrogen-bond acceptors (Lipinski definition) is 2. The van der Waals surface area contributed by atoms with E-state index in [0.29, 0.717) is 13.2 Å². The quantitative estimate of drug-likeness (QED) is 0.751. The summed E-state index contributed by atoms with van der Waals surface area (Å²) >= 11 is 0. The fourth-order valence-electron chi connectivity index (χ4n) is 1.17. The molecule has 4 nitrogen and oxygen atoms in total. The van der Waals surface area contributed by atoms with Crippen LogP contribution in [0.3, 0.4) is 0 Å². The van der Waals surface area contributed by atoms with Crippen LogP contribution >= 0.6 is 0 Å². The van der Waals surface area contributed by atoms with Crippen molar-refractivity contribution in [3.63, 3.8) is 0 Å². The first-order chi connectivity index (χ1) is 7.24. The first-order valence-electron chi connectivity index (χ1n) is 4.98. The van der Waals surface area contributed by atoms with Crippen molar-refractivity contribution < 1.29 is 9.63 Å². The molecule has 0 radical (unpaired) electrons. The SMILES string of the molecule is CCCN(OCc1ccccc1)C(N)=O. The van der Waals surface area contributed by atoms with E-state index in [-0.39, 0.29) is 0 Å². The Morgan fingerprint density at radius 2 is 2.07 bits per heavy atom. The molecule has 15 heavy (non-hydrogen) atoms. The van der Waals surface area contributed by atoms with Gasteiger partial charge in [-0.3, -0.25) is 4.84 Å². The van der Waals surface area contributed by atoms with E-state index in [0.717, 1.165) is 12.0 Å². The third-order valence-corrected chi connectivity index (χ3v) is 1.90. The zero-order valence-corrected chi connectivity index (χ0v) is 8.85. The normalized spacial score (nSPS) is 9.93. The standard InChI is InChI=1S/C11H16N2O2/c1-2-8-13(11(12)14)15-9-10-6-4-3-5-7-10/h3-7H,2,8-9H2,1H3,(H2,12,14). The maximum absolute atomic E-state index is 10.9. The summed E-state index contributed by atoms with van der Waals surface area (Å²) in [6.07, 6.45) is 0.817. The number of benzene rings is 1. The first kappa shape index (κ1) is 11.5. The Labute approximate surface area is 89.6 Å². The molecule has 0 unspecified atom stereocenters. The van der Waals surface area contributed by atoms with Crippen LogP contribution in [0.15, 0.2) is 30.3 Å². The molecular weight excluding hydrogens is 192 g/mol. The number of hydroxylamine groups is 2. The molecule has 2 N–H and O–H groups in total. The predicted molar refractivity (Wildman–Crippen MR) is 57.8 cm³/mol. The molecule has 0 bridgehead atoms. The lowest BCUT2D eigenvalue weighted by atomic mass is 10.2. The summed E-state index contributed by atoms with van der Waals surface area (Å²) in [7, 11) is 0. The van der Waals surface area contributed by atoms with Gasteiger partial charge in [-0.15, -0.1) is 0 Å². The second-order valence-electron chi connectivity index (χ2n) is 3.20. The fourth-order valence-corrected chi connectivity index (χ4v) is 1.17. The number of urea groups is 1. The summed E-state index contributed by atoms with van der Waals surface area (Å²) in [6.45, 7) is 2.84. The molecule has 82 valence electrons. The van der Waals surface area contributed by atoms with Crippen LogP contribution in [-0.4, -0.2) is 17.6 Å². The Hall–Kier alpha value is -1.55. The Balaban J connectivity index is 2.43. The van der Waals surface area contributed by atoms with E-state index in [1.807, 2.05) is 37.3 Å². The van der Waals surface area contributed by atoms with Gasteiger partial charge >= 0.3 is 6.03 Å². The van der Waals surface area contributed by atoms with Gasteiger partial charge in [0.25, 0.3) is 0 Å². The molecule has 1 aromatic carbocycles. The summed E-state index contributed by atoms with van der Waals surface area (Å²) in [5.74, 6) is 0. The molecule has 1 aromatic rings. The van der Waals surface area contributed by atoms with Crippen molar-refractivity contribution in [1.82, 2.24) is 5.06 Å². The lowest BCUT2D eigenvalue weighted by molar-refractivity contribution is -0.125. The van der Waals surface area contributed by atoms with E-state index in [2.05, 4.69) is 0 Å². The molecule has 1 rings (SSSR count). The first-order valence-corrected chi connectivity index (χ1v) is 4.98. The average Bonchev–Trinajstić information content (AvgIpc) is 2.25. The number of hydrogen-bond donors (Lipinski definition) is 1. The van der Waals surface area contributed by atoms with Crippen LogP contribution in [0, 0.1) is 0 Å². The molecule has 0 saturated carbocycles. The van der Waals surface area contributed by atoms with E-state index in [1.165, 1.54) is 5.06 Å². The number of primary amides is 1. The zero-order valence-electron chi connectivity index (χ0n) is 8.85. The van der Waals surface area contributed by atoms with Crippen LogP contribution in [0.25, 0.3) is 0 Å². The van der Waals surface area contributed by atoms with Crippen molar-refractivity contribution >= 4 is 6.03 Å². The summed E-state index contributed by atoms with van der Waals surface area (Å²) in [5.41, 5.74) is 6.16. The summed E-state index contributed by atoms with van der Waals surface area (Å²) in [5, 5.41) is 1.19. The molecule has 0 aliphatic rings. The van der Waals surface area contributed by atoms with Crippen molar-refractivity contribution in [3.05, 3.63) is 35.9 Å². The Bertz CT molecular complexity index is 301. The molecule has 0 saturated heterocycles. The molecule has 0 aliphatic heterocycles. The maximum atomic E-state index is 10.9. The minimum absolute atomic E-state index is 0.365. The minimum Gasteiger partial charge on any atom is -0.350 e. The van der Waals surface area contributed by atoms with Crippen molar-refractivity contribution in [2.45, 2.75) is 20.0 Å². The van der Waals surface area contributed by atoms with Gasteiger partial charge in [0.1, 0.15) is 6.61 Å². The third-order valence-electron chi connectivity index (χ3n) is 1.90. The Kier molecular flexibility index (Phi) is 4.63. The van der Waals surface area contributed by atoms with Crippen LogP contribution in [-0.2, 0) is 11.4 Å². The molecular formula is C11H16N2O2. The second-order valence-corrected chi connectivity index (χ2v) is 3.20. The number of carbonyl (C=O) groups excluding carboxylic acids is 1. The molecule has 0 aliphatic carbocycles. The van der Waals surface area contributed by atoms with Crippen LogP contribution in [0.4, 0.5) is 4.79 Å². The molecule has 0 fully saturated rings. The molecule has 2 amide bonds. The van der Waals surface area contributed by atoms with E-state index in [1.54, 1.807) is 0 Å². The average molecular weight is 208 g/mol. The molecule has 4 heteroatoms. The van der Waals surface area contributed by atoms with Gasteiger partial charge in [-0.1, -0.05) is 37.3 Å². The van der Waals surface area contributed by atoms with Gasteiger partial charge in [-0.05, 0) is 12.0 Å². The van der Waals surface area contributed by atoms with Gasteiger partial charge in [0.2, 0.25) is 0 Å². The number of carbonyl (C=O) groups is 1. The van der Waals surface area contributed by atoms with Gasteiger partial charge in [0, 0.05) is 0 Å². The van der Waals surface area contributed by atoms with Gasteiger partial charge in [-0.25, -0.2) is 9.86 Å². The largest absolute Gasteiger partial charge is 0.350 e. The molecule has 0 heterocycles. The third kappa shape index (κ3) is 3.99. The van der Waals surface area contributed by atoms with Crippen LogP contribution < -0.4 is 5.73 Å². The smallest absolute Gasteiger partial charge is 0.338 e. The van der Waals surface area contributed by atoms with Gasteiger partial charge < -0.3 is 5.73 Å². The topological polar surface area (TPSA) is 55.6 Å². The van der Waals surface area contributed by atoms with E-state index >= 15 is 0 Å². The molecule has 0 atom stereocenters. The lowest BCUT2D eigenvalue weighted by Gasteiger charge is -2.18. The number of nitrogens with zero attached hydrogens (tertiary/aromatic N) is 1. The number of rotatable bonds is 5. The molecule has 0 aromatic heterocycles. The van der Waals surface area contributed by atoms with Gasteiger partial charge in [-0.2, -0.15) is 0 Å². The van der Waals surface area contributed by atoms with E-state index in [4.69, 9.17) is 10.6 Å². The van der Waals surface area contributed by atoms with E-state index < -0.39 is 6.03 Å². The van der Waals surface area contributed by atoms with Gasteiger partial charge in [0.05, 0.1) is 6.54 Å². The van der Waals surface area contributed by atoms with E-state index in [9.17, 15) is 4.79 Å². The number of nitrogens with two attached hydrogens (primary N) is 1. The van der Waals surface area contributed by atoms with Crippen LogP contribution in [0.2, 0.25) is 0 Å². The van der Waals surface area contributed by atoms with Crippen molar-refractivity contribution in [3.8, 4) is 0 Å². The summed E-state index contributed by atoms with van der Waals surface area (Å²) in [4.78, 5) is 16.2. The Morgan fingerprint density at radius 1 is 1.40 bits per heavy atom. The summed E-state index contributed by atoms with van der Waals surface area (Å²) < 4.78 is 0. The van der Waals surface area contributed by atoms with Crippen molar-refractivity contribution in [1.29, 1.82) is 0 Å². The van der Waals surface area contributed by atoms with Crippen LogP contribution in [0.1, 0.15) is 18.9 Å². The lowest BCUT2D eigenvalue weighted by Crippen LogP contribution is -2.36. The highest BCUT2D eigenvalue weighted by molar-refractivity contribution is 5.70. The zero-order chi connectivity index (χ0) is 11.1. The van der Waals surface area contributed by atoms with Crippen molar-refractivity contribution in [2.24, 2.45) is 5.73 Å². The highest BCUT2D eigenvalue weighted by Gasteiger charge is 2.08. The molecule has 0 spiro atoms. The van der Waals surface area contributed by atoms with Gasteiger partial charge in [0.15, 0.2) is 0 Å². The maximum Gasteiger partial charge on any atom is 0.338 e. The fraction of sp³-hybridized carbons (Fsp3) is 0.364. The second kappa shape index (κ2) is 6.03. The monoisotopic (exact) mass is 208 g/mol. The highest BCUT2D eigenvalue weighted by atomic mass is 16.7. The minimum atomic E-state index is -0.548. The Morgan fingerprint density at radius 3 is 2.60 bits per heavy atom. The highest BCUT2D eigenvalue weighted by Crippen LogP contribution is 2.03. The number of amides is 2. The summed E-state index contributed by atoms with van der Waals surface area (Å²) in [6, 6.07) is 9.10.